The van der Waals surface area contributed by atoms with E-state index in [1.54, 1.807) is 14.0 Å². The van der Waals surface area contributed by atoms with Gasteiger partial charge in [-0.05, 0) is 56.8 Å². The van der Waals surface area contributed by atoms with Crippen molar-refractivity contribution in [3.05, 3.63) is 46.8 Å². The van der Waals surface area contributed by atoms with Gasteiger partial charge in [0.2, 0.25) is 0 Å². The lowest BCUT2D eigenvalue weighted by molar-refractivity contribution is -0.144. The highest BCUT2D eigenvalue weighted by Gasteiger charge is 2.26. The first-order valence-electron chi connectivity index (χ1n) is 9.49. The number of hydrogen-bond acceptors (Lipinski definition) is 4. The van der Waals surface area contributed by atoms with E-state index in [1.165, 1.54) is 11.1 Å². The van der Waals surface area contributed by atoms with Crippen LogP contribution < -0.4 is 0 Å². The number of esters is 1. The molecule has 2 rings (SSSR count). The van der Waals surface area contributed by atoms with E-state index in [-0.39, 0.29) is 30.2 Å². The summed E-state index contributed by atoms with van der Waals surface area (Å²) >= 11 is 0. The van der Waals surface area contributed by atoms with E-state index in [0.717, 1.165) is 12.8 Å². The predicted molar refractivity (Wildman–Crippen MR) is 104 cm³/mol. The largest absolute Gasteiger partial charge is 0.500 e. The van der Waals surface area contributed by atoms with Crippen molar-refractivity contribution in [3.63, 3.8) is 0 Å². The molecule has 0 aromatic carbocycles. The van der Waals surface area contributed by atoms with Crippen LogP contribution in [0.25, 0.3) is 0 Å². The quantitative estimate of drug-likeness (QED) is 0.500. The van der Waals surface area contributed by atoms with Crippen molar-refractivity contribution in [3.8, 4) is 0 Å². The highest BCUT2D eigenvalue weighted by atomic mass is 16.6. The van der Waals surface area contributed by atoms with Gasteiger partial charge in [-0.3, -0.25) is 0 Å². The van der Waals surface area contributed by atoms with Gasteiger partial charge < -0.3 is 14.2 Å². The lowest BCUT2D eigenvalue weighted by Gasteiger charge is -2.30. The van der Waals surface area contributed by atoms with Gasteiger partial charge in [0, 0.05) is 6.42 Å². The third-order valence-corrected chi connectivity index (χ3v) is 5.14. The summed E-state index contributed by atoms with van der Waals surface area (Å²) in [5, 5.41) is 0. The molecule has 144 valence electrons. The van der Waals surface area contributed by atoms with E-state index in [0.29, 0.717) is 17.8 Å². The summed E-state index contributed by atoms with van der Waals surface area (Å²) in [4.78, 5) is 11.9. The lowest BCUT2D eigenvalue weighted by atomic mass is 9.96. The van der Waals surface area contributed by atoms with Gasteiger partial charge in [0.05, 0.1) is 24.9 Å². The third-order valence-electron chi connectivity index (χ3n) is 5.14. The Balaban J connectivity index is 1.97. The van der Waals surface area contributed by atoms with E-state index in [2.05, 4.69) is 45.9 Å². The second kappa shape index (κ2) is 9.22. The summed E-state index contributed by atoms with van der Waals surface area (Å²) in [6.45, 7) is 10.3. The zero-order chi connectivity index (χ0) is 19.3. The van der Waals surface area contributed by atoms with Crippen LogP contribution in [0.1, 0.15) is 53.9 Å². The first-order chi connectivity index (χ1) is 12.3. The van der Waals surface area contributed by atoms with Crippen LogP contribution in [0.5, 0.6) is 0 Å². The molecular weight excluding hydrogens is 328 g/mol. The Kier molecular flexibility index (Phi) is 7.27. The van der Waals surface area contributed by atoms with Gasteiger partial charge in [0.25, 0.3) is 0 Å². The van der Waals surface area contributed by atoms with Gasteiger partial charge >= 0.3 is 5.97 Å². The summed E-state index contributed by atoms with van der Waals surface area (Å²) in [5.41, 5.74) is 3.14. The second-order valence-corrected chi connectivity index (χ2v) is 7.26. The number of ether oxygens (including phenoxy) is 3. The maximum atomic E-state index is 11.9. The average molecular weight is 360 g/mol. The summed E-state index contributed by atoms with van der Waals surface area (Å²) in [6, 6.07) is 0. The van der Waals surface area contributed by atoms with Crippen LogP contribution in [0.2, 0.25) is 0 Å². The minimum atomic E-state index is -0.300. The topological polar surface area (TPSA) is 44.8 Å². The molecule has 4 heteroatoms. The molecule has 26 heavy (non-hydrogen) atoms. The molecular formula is C22H32O4. The molecule has 0 N–H and O–H groups in total. The van der Waals surface area contributed by atoms with Crippen LogP contribution in [-0.4, -0.2) is 31.4 Å². The van der Waals surface area contributed by atoms with E-state index < -0.39 is 0 Å². The molecule has 2 aliphatic rings. The molecule has 0 bridgehead atoms. The minimum Gasteiger partial charge on any atom is -0.500 e. The van der Waals surface area contributed by atoms with Crippen LogP contribution >= 0.6 is 0 Å². The summed E-state index contributed by atoms with van der Waals surface area (Å²) in [5.74, 6) is 0.645. The molecule has 0 amide bonds. The van der Waals surface area contributed by atoms with Gasteiger partial charge in [-0.1, -0.05) is 32.1 Å². The molecule has 0 aliphatic carbocycles. The van der Waals surface area contributed by atoms with Crippen LogP contribution in [-0.2, 0) is 19.0 Å². The standard InChI is InChI=1S/C22H32O4/c1-7-19-15(3)9-11-20(26-19)16(4)12-14(2)8-10-18-13-21(24-6)17(5)22(23)25-18/h8-10,12,14,18-20H,7,11,13H2,1-6H3/b10-8+,16-12+/t14-,18+,19-,20-/m1/s1. The molecule has 2 aliphatic heterocycles. The van der Waals surface area contributed by atoms with E-state index in [9.17, 15) is 4.79 Å². The van der Waals surface area contributed by atoms with E-state index in [1.807, 2.05) is 6.08 Å². The molecule has 0 saturated heterocycles. The summed E-state index contributed by atoms with van der Waals surface area (Å²) in [7, 11) is 1.59. The van der Waals surface area contributed by atoms with E-state index in [4.69, 9.17) is 14.2 Å². The summed E-state index contributed by atoms with van der Waals surface area (Å²) in [6.07, 6.45) is 11.2. The Bertz CT molecular complexity index is 639. The fourth-order valence-electron chi connectivity index (χ4n) is 3.43. The van der Waals surface area contributed by atoms with Crippen molar-refractivity contribution >= 4 is 5.97 Å². The molecule has 0 unspecified atom stereocenters. The Morgan fingerprint density at radius 2 is 2.15 bits per heavy atom. The zero-order valence-corrected chi connectivity index (χ0v) is 16.9. The molecule has 4 atom stereocenters. The van der Waals surface area contributed by atoms with Gasteiger partial charge in [-0.2, -0.15) is 0 Å². The zero-order valence-electron chi connectivity index (χ0n) is 16.9. The highest BCUT2D eigenvalue weighted by Crippen LogP contribution is 2.27. The highest BCUT2D eigenvalue weighted by molar-refractivity contribution is 5.89. The number of cyclic esters (lactones) is 1. The van der Waals surface area contributed by atoms with Crippen molar-refractivity contribution in [1.82, 2.24) is 0 Å². The fraction of sp³-hybridized carbons (Fsp3) is 0.591. The first kappa shape index (κ1) is 20.5. The number of hydrogen-bond donors (Lipinski definition) is 0. The number of rotatable bonds is 6. The molecule has 0 fully saturated rings. The molecule has 2 heterocycles. The first-order valence-corrected chi connectivity index (χ1v) is 9.49. The number of carbonyl (C=O) groups excluding carboxylic acids is 1. The number of carbonyl (C=O) groups is 1. The molecule has 0 spiro atoms. The smallest absolute Gasteiger partial charge is 0.337 e. The Hall–Kier alpha value is -1.81. The fourth-order valence-corrected chi connectivity index (χ4v) is 3.43. The van der Waals surface area contributed by atoms with E-state index >= 15 is 0 Å². The summed E-state index contributed by atoms with van der Waals surface area (Å²) < 4.78 is 16.9. The van der Waals surface area contributed by atoms with Crippen LogP contribution in [0.4, 0.5) is 0 Å². The third kappa shape index (κ3) is 5.10. The molecule has 0 radical (unpaired) electrons. The van der Waals surface area contributed by atoms with Crippen LogP contribution in [0.15, 0.2) is 46.8 Å². The Labute approximate surface area is 157 Å². The van der Waals surface area contributed by atoms with Crippen LogP contribution in [0.3, 0.4) is 0 Å². The number of methoxy groups -OCH3 is 1. The number of allylic oxidation sites excluding steroid dienone is 2. The van der Waals surface area contributed by atoms with Gasteiger partial charge in [-0.25, -0.2) is 4.79 Å². The predicted octanol–water partition coefficient (Wildman–Crippen LogP) is 4.87. The molecule has 0 aromatic heterocycles. The molecule has 0 aromatic rings. The van der Waals surface area contributed by atoms with Crippen molar-refractivity contribution in [1.29, 1.82) is 0 Å². The Morgan fingerprint density at radius 3 is 2.81 bits per heavy atom. The SMILES string of the molecule is CC[C@H]1O[C@@H](/C(C)=C/[C@H](C)/C=C/[C@H]2CC(OC)=C(C)C(=O)O2)CC=C1C. The molecule has 0 saturated carbocycles. The maximum absolute atomic E-state index is 11.9. The van der Waals surface area contributed by atoms with Gasteiger partial charge in [0.15, 0.2) is 0 Å². The van der Waals surface area contributed by atoms with Crippen LogP contribution in [0, 0.1) is 5.92 Å². The van der Waals surface area contributed by atoms with Crippen molar-refractivity contribution in [2.75, 3.05) is 7.11 Å². The normalized spacial score (nSPS) is 28.8. The minimum absolute atomic E-state index is 0.151. The monoisotopic (exact) mass is 360 g/mol. The second-order valence-electron chi connectivity index (χ2n) is 7.26. The van der Waals surface area contributed by atoms with Crippen molar-refractivity contribution in [2.45, 2.75) is 72.2 Å². The van der Waals surface area contributed by atoms with Crippen molar-refractivity contribution < 1.29 is 19.0 Å². The van der Waals surface area contributed by atoms with Gasteiger partial charge in [-0.15, -0.1) is 0 Å². The molecule has 4 nitrogen and oxygen atoms in total. The Morgan fingerprint density at radius 1 is 1.42 bits per heavy atom. The van der Waals surface area contributed by atoms with Gasteiger partial charge in [0.1, 0.15) is 11.9 Å². The average Bonchev–Trinajstić information content (AvgIpc) is 2.62. The lowest BCUT2D eigenvalue weighted by Crippen LogP contribution is -2.27. The van der Waals surface area contributed by atoms with Crippen molar-refractivity contribution in [2.24, 2.45) is 5.92 Å². The maximum Gasteiger partial charge on any atom is 0.337 e.